The van der Waals surface area contributed by atoms with Crippen LogP contribution in [0.25, 0.3) is 22.2 Å². The summed E-state index contributed by atoms with van der Waals surface area (Å²) in [6, 6.07) is 8.82. The van der Waals surface area contributed by atoms with Gasteiger partial charge in [-0.25, -0.2) is 0 Å². The summed E-state index contributed by atoms with van der Waals surface area (Å²) >= 11 is 0. The maximum absolute atomic E-state index is 4.29. The minimum Gasteiger partial charge on any atom is -0.377 e. The molecule has 0 saturated carbocycles. The van der Waals surface area contributed by atoms with Gasteiger partial charge in [-0.3, -0.25) is 0 Å². The largest absolute Gasteiger partial charge is 0.377 e. The molecule has 0 radical (unpaired) electrons. The Bertz CT molecular complexity index is 909. The summed E-state index contributed by atoms with van der Waals surface area (Å²) in [6.07, 6.45) is 12.1. The second-order valence-corrected chi connectivity index (χ2v) is 6.44. The average molecular weight is 302 g/mol. The zero-order valence-electron chi connectivity index (χ0n) is 12.8. The van der Waals surface area contributed by atoms with Gasteiger partial charge in [0.15, 0.2) is 5.65 Å². The fraction of sp³-hybridized carbons (Fsp3) is 0.263. The van der Waals surface area contributed by atoms with Gasteiger partial charge in [0.05, 0.1) is 12.2 Å². The van der Waals surface area contributed by atoms with E-state index in [4.69, 9.17) is 0 Å². The molecule has 114 valence electrons. The van der Waals surface area contributed by atoms with E-state index in [1.165, 1.54) is 40.6 Å². The lowest BCUT2D eigenvalue weighted by molar-refractivity contribution is 0.420. The van der Waals surface area contributed by atoms with Crippen molar-refractivity contribution < 1.29 is 0 Å². The molecule has 23 heavy (non-hydrogen) atoms. The number of fused-ring (bicyclic) bond motifs is 2. The maximum atomic E-state index is 4.29. The van der Waals surface area contributed by atoms with E-state index < -0.39 is 0 Å². The average Bonchev–Trinajstić information content (AvgIpc) is 2.98. The third kappa shape index (κ3) is 1.91. The molecule has 0 saturated heterocycles. The van der Waals surface area contributed by atoms with Crippen molar-refractivity contribution >= 4 is 16.7 Å². The molecule has 4 heteroatoms. The summed E-state index contributed by atoms with van der Waals surface area (Å²) in [5.74, 6) is 0.603. The van der Waals surface area contributed by atoms with Gasteiger partial charge in [-0.2, -0.15) is 5.10 Å². The molecule has 2 aliphatic rings. The molecule has 1 aliphatic heterocycles. The number of benzene rings is 1. The van der Waals surface area contributed by atoms with Gasteiger partial charge in [0.25, 0.3) is 0 Å². The predicted molar refractivity (Wildman–Crippen MR) is 92.2 cm³/mol. The highest BCUT2D eigenvalue weighted by Crippen LogP contribution is 2.45. The van der Waals surface area contributed by atoms with E-state index >= 15 is 0 Å². The molecule has 0 bridgehead atoms. The first-order chi connectivity index (χ1) is 11.4. The van der Waals surface area contributed by atoms with Gasteiger partial charge in [0.2, 0.25) is 0 Å². The predicted octanol–water partition coefficient (Wildman–Crippen LogP) is 4.45. The lowest BCUT2D eigenvalue weighted by Crippen LogP contribution is -2.21. The van der Waals surface area contributed by atoms with Crippen LogP contribution in [-0.2, 0) is 0 Å². The molecule has 2 N–H and O–H groups in total. The maximum Gasteiger partial charge on any atom is 0.160 e. The Morgan fingerprint density at radius 2 is 2.04 bits per heavy atom. The highest BCUT2D eigenvalue weighted by atomic mass is 15.1. The monoisotopic (exact) mass is 302 g/mol. The summed E-state index contributed by atoms with van der Waals surface area (Å²) in [6.45, 7) is 0. The molecule has 3 heterocycles. The van der Waals surface area contributed by atoms with Crippen LogP contribution in [0.15, 0.2) is 48.8 Å². The molecule has 0 fully saturated rings. The molecule has 4 nitrogen and oxygen atoms in total. The number of hydrogen-bond acceptors (Lipinski definition) is 3. The van der Waals surface area contributed by atoms with Crippen LogP contribution in [0.5, 0.6) is 0 Å². The second kappa shape index (κ2) is 4.95. The highest BCUT2D eigenvalue weighted by molar-refractivity contribution is 6.00. The number of H-pyrrole nitrogens is 1. The minimum atomic E-state index is 0.306. The third-order valence-corrected chi connectivity index (χ3v) is 5.15. The van der Waals surface area contributed by atoms with Crippen molar-refractivity contribution in [3.05, 3.63) is 54.4 Å². The molecular weight excluding hydrogens is 284 g/mol. The zero-order valence-corrected chi connectivity index (χ0v) is 12.8. The summed E-state index contributed by atoms with van der Waals surface area (Å²) in [5, 5.41) is 13.5. The fourth-order valence-corrected chi connectivity index (χ4v) is 4.03. The van der Waals surface area contributed by atoms with Crippen LogP contribution in [0.1, 0.15) is 30.9 Å². The van der Waals surface area contributed by atoms with E-state index in [0.717, 1.165) is 12.1 Å². The van der Waals surface area contributed by atoms with Crippen molar-refractivity contribution in [3.63, 3.8) is 0 Å². The van der Waals surface area contributed by atoms with Gasteiger partial charge < -0.3 is 10.3 Å². The lowest BCUT2D eigenvalue weighted by atomic mass is 9.84. The number of hydrogen-bond donors (Lipinski definition) is 2. The van der Waals surface area contributed by atoms with E-state index in [1.807, 2.05) is 6.20 Å². The van der Waals surface area contributed by atoms with Crippen LogP contribution in [0.4, 0.5) is 5.69 Å². The van der Waals surface area contributed by atoms with Gasteiger partial charge in [-0.05, 0) is 31.2 Å². The number of para-hydroxylation sites is 1. The normalized spacial score (nSPS) is 22.4. The Balaban J connectivity index is 1.78. The first-order valence-corrected chi connectivity index (χ1v) is 8.25. The van der Waals surface area contributed by atoms with Crippen molar-refractivity contribution in [3.8, 4) is 11.1 Å². The fourth-order valence-electron chi connectivity index (χ4n) is 4.03. The van der Waals surface area contributed by atoms with Gasteiger partial charge >= 0.3 is 0 Å². The first-order valence-electron chi connectivity index (χ1n) is 8.25. The lowest BCUT2D eigenvalue weighted by Gasteiger charge is -2.29. The van der Waals surface area contributed by atoms with Crippen molar-refractivity contribution in [2.45, 2.75) is 25.3 Å². The number of aromatic amines is 1. The van der Waals surface area contributed by atoms with Crippen LogP contribution in [0, 0.1) is 5.92 Å². The molecule has 1 aromatic carbocycles. The van der Waals surface area contributed by atoms with Crippen molar-refractivity contribution in [1.29, 1.82) is 0 Å². The molecule has 2 aromatic heterocycles. The molecule has 1 aliphatic carbocycles. The SMILES string of the molecule is C1=CCC(C2Nc3ccccc3-c3cnnc4[nH]cc2c34)CC1. The van der Waals surface area contributed by atoms with Crippen LogP contribution in [-0.4, -0.2) is 15.2 Å². The van der Waals surface area contributed by atoms with E-state index in [2.05, 4.69) is 63.1 Å². The van der Waals surface area contributed by atoms with E-state index in [9.17, 15) is 0 Å². The Labute approximate surface area is 134 Å². The summed E-state index contributed by atoms with van der Waals surface area (Å²) in [5.41, 5.74) is 5.77. The quantitative estimate of drug-likeness (QED) is 0.653. The van der Waals surface area contributed by atoms with E-state index in [0.29, 0.717) is 12.0 Å². The highest BCUT2D eigenvalue weighted by Gasteiger charge is 2.30. The van der Waals surface area contributed by atoms with Crippen LogP contribution in [0.3, 0.4) is 0 Å². The molecule has 3 aromatic rings. The van der Waals surface area contributed by atoms with Crippen LogP contribution < -0.4 is 5.32 Å². The summed E-state index contributed by atoms with van der Waals surface area (Å²) in [7, 11) is 0. The smallest absolute Gasteiger partial charge is 0.160 e. The molecular formula is C19H18N4. The Kier molecular flexibility index (Phi) is 2.77. The first kappa shape index (κ1) is 12.9. The third-order valence-electron chi connectivity index (χ3n) is 5.15. The Morgan fingerprint density at radius 1 is 1.09 bits per heavy atom. The second-order valence-electron chi connectivity index (χ2n) is 6.44. The number of rotatable bonds is 1. The number of allylic oxidation sites excluding steroid dienone is 2. The zero-order chi connectivity index (χ0) is 15.2. The molecule has 0 spiro atoms. The summed E-state index contributed by atoms with van der Waals surface area (Å²) < 4.78 is 0. The van der Waals surface area contributed by atoms with E-state index in [1.54, 1.807) is 0 Å². The van der Waals surface area contributed by atoms with E-state index in [-0.39, 0.29) is 0 Å². The van der Waals surface area contributed by atoms with Gasteiger partial charge in [-0.1, -0.05) is 30.4 Å². The Morgan fingerprint density at radius 3 is 2.96 bits per heavy atom. The van der Waals surface area contributed by atoms with Gasteiger partial charge in [0, 0.05) is 34.0 Å². The molecule has 2 atom stereocenters. The summed E-state index contributed by atoms with van der Waals surface area (Å²) in [4.78, 5) is 3.32. The van der Waals surface area contributed by atoms with Crippen molar-refractivity contribution in [2.24, 2.45) is 5.92 Å². The Hall–Kier alpha value is -2.62. The molecule has 2 unspecified atom stereocenters. The number of anilines is 1. The van der Waals surface area contributed by atoms with Crippen LogP contribution in [0.2, 0.25) is 0 Å². The molecule has 0 amide bonds. The van der Waals surface area contributed by atoms with Crippen molar-refractivity contribution in [2.75, 3.05) is 5.32 Å². The minimum absolute atomic E-state index is 0.306. The van der Waals surface area contributed by atoms with Crippen molar-refractivity contribution in [1.82, 2.24) is 15.2 Å². The van der Waals surface area contributed by atoms with Gasteiger partial charge in [-0.15, -0.1) is 5.10 Å². The standard InChI is InChI=1S/C19H18N4/c1-2-6-12(7-3-1)18-15-10-20-19-17(15)14(11-21-23-19)13-8-4-5-9-16(13)22-18/h1-2,4-5,8-12,18,22H,3,6-7H2,(H,20,23). The van der Waals surface area contributed by atoms with Crippen LogP contribution >= 0.6 is 0 Å². The number of aromatic nitrogens is 3. The van der Waals surface area contributed by atoms with Gasteiger partial charge in [0.1, 0.15) is 0 Å². The number of nitrogens with zero attached hydrogens (tertiary/aromatic N) is 2. The number of nitrogens with one attached hydrogen (secondary N) is 2. The topological polar surface area (TPSA) is 53.6 Å². The molecule has 5 rings (SSSR count).